The molecule has 2 fully saturated rings. The number of hydrogen-bond acceptors (Lipinski definition) is 1. The maximum Gasteiger partial charge on any atom is 0.0483 e. The van der Waals surface area contributed by atoms with Gasteiger partial charge < -0.3 is 9.88 Å². The first-order valence-corrected chi connectivity index (χ1v) is 13.2. The van der Waals surface area contributed by atoms with Crippen LogP contribution in [0, 0.1) is 12.8 Å². The zero-order chi connectivity index (χ0) is 21.8. The molecule has 1 heterocycles. The summed E-state index contributed by atoms with van der Waals surface area (Å²) in [6, 6.07) is 16.8. The van der Waals surface area contributed by atoms with Crippen molar-refractivity contribution in [2.24, 2.45) is 5.92 Å². The molecule has 3 aromatic rings. The van der Waals surface area contributed by atoms with E-state index >= 15 is 0 Å². The summed E-state index contributed by atoms with van der Waals surface area (Å²) >= 11 is 0. The van der Waals surface area contributed by atoms with Gasteiger partial charge in [0.2, 0.25) is 0 Å². The van der Waals surface area contributed by atoms with E-state index in [1.807, 2.05) is 0 Å². The lowest BCUT2D eigenvalue weighted by molar-refractivity contribution is 0.322. The van der Waals surface area contributed by atoms with Crippen LogP contribution >= 0.6 is 0 Å². The van der Waals surface area contributed by atoms with Gasteiger partial charge in [0.25, 0.3) is 0 Å². The monoisotopic (exact) mass is 428 g/mol. The molecule has 2 aliphatic rings. The van der Waals surface area contributed by atoms with Gasteiger partial charge in [0.1, 0.15) is 0 Å². The van der Waals surface area contributed by atoms with Gasteiger partial charge in [-0.15, -0.1) is 0 Å². The molecular weight excluding hydrogens is 388 g/mol. The second kappa shape index (κ2) is 10.3. The van der Waals surface area contributed by atoms with Crippen LogP contribution in [0.3, 0.4) is 0 Å². The van der Waals surface area contributed by atoms with Gasteiger partial charge in [0.05, 0.1) is 0 Å². The Kier molecular flexibility index (Phi) is 6.97. The molecular formula is C30H40N2. The molecule has 2 saturated carbocycles. The number of hydrogen-bond donors (Lipinski definition) is 1. The lowest BCUT2D eigenvalue weighted by atomic mass is 9.89. The highest BCUT2D eigenvalue weighted by Crippen LogP contribution is 2.32. The third-order valence-electron chi connectivity index (χ3n) is 7.93. The van der Waals surface area contributed by atoms with Crippen molar-refractivity contribution in [2.45, 2.75) is 90.1 Å². The molecule has 0 unspecified atom stereocenters. The average Bonchev–Trinajstić information content (AvgIpc) is 3.17. The summed E-state index contributed by atoms with van der Waals surface area (Å²) in [6.07, 6.45) is 17.6. The normalized spacial score (nSPS) is 18.4. The van der Waals surface area contributed by atoms with E-state index in [9.17, 15) is 0 Å². The molecule has 0 spiro atoms. The van der Waals surface area contributed by atoms with E-state index < -0.39 is 0 Å². The summed E-state index contributed by atoms with van der Waals surface area (Å²) in [5.41, 5.74) is 6.96. The highest BCUT2D eigenvalue weighted by atomic mass is 15.0. The molecule has 170 valence electrons. The Hall–Kier alpha value is -2.06. The molecule has 0 aliphatic heterocycles. The van der Waals surface area contributed by atoms with Crippen molar-refractivity contribution in [2.75, 3.05) is 6.54 Å². The van der Waals surface area contributed by atoms with Crippen molar-refractivity contribution in [1.29, 1.82) is 0 Å². The summed E-state index contributed by atoms with van der Waals surface area (Å²) in [4.78, 5) is 0. The zero-order valence-electron chi connectivity index (χ0n) is 19.9. The molecule has 2 aliphatic carbocycles. The summed E-state index contributed by atoms with van der Waals surface area (Å²) in [5, 5.41) is 5.33. The average molecular weight is 429 g/mol. The Labute approximate surface area is 194 Å². The van der Waals surface area contributed by atoms with Gasteiger partial charge >= 0.3 is 0 Å². The Morgan fingerprint density at radius 3 is 2.38 bits per heavy atom. The van der Waals surface area contributed by atoms with Crippen LogP contribution in [0.4, 0.5) is 0 Å². The fraction of sp³-hybridized carbons (Fsp3) is 0.533. The van der Waals surface area contributed by atoms with E-state index in [1.54, 1.807) is 0 Å². The van der Waals surface area contributed by atoms with Crippen LogP contribution in [-0.4, -0.2) is 17.2 Å². The molecule has 5 rings (SSSR count). The maximum absolute atomic E-state index is 3.87. The Morgan fingerprint density at radius 2 is 1.59 bits per heavy atom. The first-order valence-electron chi connectivity index (χ1n) is 13.2. The summed E-state index contributed by atoms with van der Waals surface area (Å²) < 4.78 is 2.58. The van der Waals surface area contributed by atoms with Crippen molar-refractivity contribution in [3.05, 3.63) is 59.8 Å². The Bertz CT molecular complexity index is 1020. The molecule has 32 heavy (non-hydrogen) atoms. The van der Waals surface area contributed by atoms with Crippen LogP contribution in [-0.2, 0) is 13.0 Å². The van der Waals surface area contributed by atoms with Crippen molar-refractivity contribution in [3.8, 4) is 11.1 Å². The lowest BCUT2D eigenvalue weighted by Crippen LogP contribution is -2.32. The van der Waals surface area contributed by atoms with Crippen molar-refractivity contribution in [1.82, 2.24) is 9.88 Å². The number of nitrogens with zero attached hydrogens (tertiary/aromatic N) is 1. The Balaban J connectivity index is 1.41. The zero-order valence-corrected chi connectivity index (χ0v) is 19.9. The second-order valence-electron chi connectivity index (χ2n) is 10.5. The third-order valence-corrected chi connectivity index (χ3v) is 7.93. The highest BCUT2D eigenvalue weighted by Gasteiger charge is 2.18. The molecule has 2 aromatic carbocycles. The Morgan fingerprint density at radius 1 is 0.844 bits per heavy atom. The number of benzene rings is 2. The van der Waals surface area contributed by atoms with Crippen LogP contribution < -0.4 is 5.32 Å². The SMILES string of the molecule is Cc1cccc(-c2ccc3c(c2)c(CCNC2CCCCC2)cn3CC2CCCCC2)c1. The minimum atomic E-state index is 0.738. The van der Waals surface area contributed by atoms with Crippen LogP contribution in [0.1, 0.15) is 75.3 Å². The topological polar surface area (TPSA) is 17.0 Å². The summed E-state index contributed by atoms with van der Waals surface area (Å²) in [6.45, 7) is 4.48. The van der Waals surface area contributed by atoms with Crippen molar-refractivity contribution >= 4 is 10.9 Å². The largest absolute Gasteiger partial charge is 0.347 e. The van der Waals surface area contributed by atoms with Gasteiger partial charge in [0.15, 0.2) is 0 Å². The van der Waals surface area contributed by atoms with E-state index in [-0.39, 0.29) is 0 Å². The number of fused-ring (bicyclic) bond motifs is 1. The summed E-state index contributed by atoms with van der Waals surface area (Å²) in [5.74, 6) is 0.851. The number of nitrogens with one attached hydrogen (secondary N) is 1. The second-order valence-corrected chi connectivity index (χ2v) is 10.5. The molecule has 0 atom stereocenters. The fourth-order valence-corrected chi connectivity index (χ4v) is 6.09. The van der Waals surface area contributed by atoms with E-state index in [2.05, 4.69) is 65.5 Å². The molecule has 2 heteroatoms. The van der Waals surface area contributed by atoms with Crippen LogP contribution in [0.2, 0.25) is 0 Å². The first-order chi connectivity index (χ1) is 15.8. The quantitative estimate of drug-likeness (QED) is 0.409. The third kappa shape index (κ3) is 5.12. The molecule has 0 radical (unpaired) electrons. The predicted molar refractivity (Wildman–Crippen MR) is 137 cm³/mol. The number of aromatic nitrogens is 1. The van der Waals surface area contributed by atoms with E-state index in [0.29, 0.717) is 0 Å². The van der Waals surface area contributed by atoms with Gasteiger partial charge in [-0.05, 0) is 80.3 Å². The highest BCUT2D eigenvalue weighted by molar-refractivity contribution is 5.88. The molecule has 1 aromatic heterocycles. The van der Waals surface area contributed by atoms with Crippen LogP contribution in [0.25, 0.3) is 22.0 Å². The van der Waals surface area contributed by atoms with Gasteiger partial charge in [-0.2, -0.15) is 0 Å². The fourth-order valence-electron chi connectivity index (χ4n) is 6.09. The van der Waals surface area contributed by atoms with E-state index in [4.69, 9.17) is 0 Å². The molecule has 1 N–H and O–H groups in total. The predicted octanol–water partition coefficient (Wildman–Crippen LogP) is 7.66. The van der Waals surface area contributed by atoms with Crippen molar-refractivity contribution < 1.29 is 0 Å². The molecule has 2 nitrogen and oxygen atoms in total. The standard InChI is InChI=1S/C30H40N2/c1-23-9-8-12-25(19-23)26-15-16-30-29(20-26)27(17-18-31-28-13-6-3-7-14-28)22-32(30)21-24-10-4-2-5-11-24/h8-9,12,15-16,19-20,22,24,28,31H,2-7,10-11,13-14,17-18,21H2,1H3. The summed E-state index contributed by atoms with van der Waals surface area (Å²) in [7, 11) is 0. The number of rotatable bonds is 7. The molecule has 0 amide bonds. The smallest absolute Gasteiger partial charge is 0.0483 e. The molecule has 0 bridgehead atoms. The lowest BCUT2D eigenvalue weighted by Gasteiger charge is -2.22. The van der Waals surface area contributed by atoms with Crippen molar-refractivity contribution in [3.63, 3.8) is 0 Å². The van der Waals surface area contributed by atoms with Crippen LogP contribution in [0.5, 0.6) is 0 Å². The van der Waals surface area contributed by atoms with E-state index in [1.165, 1.54) is 104 Å². The minimum absolute atomic E-state index is 0.738. The van der Waals surface area contributed by atoms with Gasteiger partial charge in [-0.1, -0.05) is 74.4 Å². The van der Waals surface area contributed by atoms with Crippen LogP contribution in [0.15, 0.2) is 48.7 Å². The van der Waals surface area contributed by atoms with Gasteiger partial charge in [-0.25, -0.2) is 0 Å². The number of aryl methyl sites for hydroxylation is 1. The molecule has 0 saturated heterocycles. The van der Waals surface area contributed by atoms with E-state index in [0.717, 1.165) is 24.9 Å². The first kappa shape index (κ1) is 21.8. The minimum Gasteiger partial charge on any atom is -0.347 e. The van der Waals surface area contributed by atoms with Gasteiger partial charge in [0, 0.05) is 29.7 Å². The van der Waals surface area contributed by atoms with Gasteiger partial charge in [-0.3, -0.25) is 0 Å². The maximum atomic E-state index is 3.87.